The van der Waals surface area contributed by atoms with Gasteiger partial charge in [-0.1, -0.05) is 0 Å². The summed E-state index contributed by atoms with van der Waals surface area (Å²) >= 11 is 0. The minimum atomic E-state index is -0.719. The fraction of sp³-hybridized carbons (Fsp3) is 0.889. The normalized spacial score (nSPS) is 28.7. The maximum absolute atomic E-state index is 11.7. The molecule has 0 radical (unpaired) electrons. The van der Waals surface area contributed by atoms with Crippen molar-refractivity contribution in [1.82, 2.24) is 0 Å². The number of carbonyl (C=O) groups is 1. The van der Waals surface area contributed by atoms with Crippen LogP contribution in [-0.4, -0.2) is 30.5 Å². The van der Waals surface area contributed by atoms with Crippen molar-refractivity contribution in [2.45, 2.75) is 31.8 Å². The monoisotopic (exact) mass is 190 g/mol. The van der Waals surface area contributed by atoms with E-state index in [-0.39, 0.29) is 18.6 Å². The first-order valence-corrected chi connectivity index (χ1v) is 4.64. The van der Waals surface area contributed by atoms with Crippen LogP contribution in [0.25, 0.3) is 0 Å². The summed E-state index contributed by atoms with van der Waals surface area (Å²) in [6.07, 6.45) is 2.89. The molecule has 0 aliphatic heterocycles. The average Bonchev–Trinajstić information content (AvgIpc) is 2.15. The van der Waals surface area contributed by atoms with Crippen LogP contribution in [0.2, 0.25) is 0 Å². The van der Waals surface area contributed by atoms with Crippen molar-refractivity contribution < 1.29 is 19.0 Å². The molecule has 0 bridgehead atoms. The number of aliphatic carboxylic acids is 1. The molecule has 1 N–H and O–H groups in total. The number of ether oxygens (including phenoxy) is 1. The second-order valence-electron chi connectivity index (χ2n) is 3.37. The first-order valence-electron chi connectivity index (χ1n) is 4.64. The van der Waals surface area contributed by atoms with E-state index < -0.39 is 12.6 Å². The maximum atomic E-state index is 11.7. The molecule has 0 aromatic carbocycles. The Labute approximate surface area is 76.9 Å². The van der Waals surface area contributed by atoms with Crippen molar-refractivity contribution in [2.75, 3.05) is 13.3 Å². The number of rotatable bonds is 4. The fourth-order valence-electron chi connectivity index (χ4n) is 1.69. The van der Waals surface area contributed by atoms with E-state index in [1.807, 2.05) is 0 Å². The van der Waals surface area contributed by atoms with Gasteiger partial charge in [0.25, 0.3) is 0 Å². The summed E-state index contributed by atoms with van der Waals surface area (Å²) in [7, 11) is 0. The van der Waals surface area contributed by atoms with Gasteiger partial charge in [0.15, 0.2) is 0 Å². The molecule has 76 valence electrons. The summed E-state index contributed by atoms with van der Waals surface area (Å²) in [5.41, 5.74) is 0. The van der Waals surface area contributed by atoms with Crippen molar-refractivity contribution in [2.24, 2.45) is 5.92 Å². The second kappa shape index (κ2) is 5.17. The quantitative estimate of drug-likeness (QED) is 0.732. The summed E-state index contributed by atoms with van der Waals surface area (Å²) in [6.45, 7) is -0.318. The zero-order valence-electron chi connectivity index (χ0n) is 7.54. The Bertz CT molecular complexity index is 164. The molecule has 0 amide bonds. The topological polar surface area (TPSA) is 46.5 Å². The molecule has 0 unspecified atom stereocenters. The lowest BCUT2D eigenvalue weighted by atomic mass is 9.87. The molecule has 1 fully saturated rings. The predicted molar refractivity (Wildman–Crippen MR) is 45.3 cm³/mol. The van der Waals surface area contributed by atoms with Gasteiger partial charge in [0.05, 0.1) is 18.6 Å². The number of hydrogen-bond acceptors (Lipinski definition) is 2. The van der Waals surface area contributed by atoms with Gasteiger partial charge in [-0.25, -0.2) is 4.39 Å². The summed E-state index contributed by atoms with van der Waals surface area (Å²) in [5.74, 6) is -0.936. The lowest BCUT2D eigenvalue weighted by molar-refractivity contribution is -0.143. The first-order chi connectivity index (χ1) is 6.24. The van der Waals surface area contributed by atoms with Crippen LogP contribution >= 0.6 is 0 Å². The van der Waals surface area contributed by atoms with Gasteiger partial charge in [-0.2, -0.15) is 0 Å². The molecule has 1 aliphatic rings. The number of alkyl halides is 1. The number of hydrogen-bond donors (Lipinski definition) is 1. The molecule has 0 saturated heterocycles. The highest BCUT2D eigenvalue weighted by atomic mass is 19.1. The number of halogens is 1. The SMILES string of the molecule is O=C(O)C1CCC(OCCF)CC1. The Balaban J connectivity index is 2.18. The van der Waals surface area contributed by atoms with Gasteiger partial charge in [-0.05, 0) is 25.7 Å². The molecule has 0 aromatic rings. The van der Waals surface area contributed by atoms with Crippen molar-refractivity contribution >= 4 is 5.97 Å². The molecular formula is C9H15FO3. The van der Waals surface area contributed by atoms with Crippen LogP contribution in [0.5, 0.6) is 0 Å². The molecule has 0 heterocycles. The van der Waals surface area contributed by atoms with Crippen LogP contribution in [0.3, 0.4) is 0 Å². The zero-order chi connectivity index (χ0) is 9.68. The van der Waals surface area contributed by atoms with Gasteiger partial charge in [0, 0.05) is 0 Å². The summed E-state index contributed by atoms with van der Waals surface area (Å²) in [6, 6.07) is 0. The van der Waals surface area contributed by atoms with Crippen molar-refractivity contribution in [3.63, 3.8) is 0 Å². The molecule has 0 aromatic heterocycles. The Morgan fingerprint density at radius 2 is 2.00 bits per heavy atom. The largest absolute Gasteiger partial charge is 0.481 e. The predicted octanol–water partition coefficient (Wildman–Crippen LogP) is 1.62. The highest BCUT2D eigenvalue weighted by molar-refractivity contribution is 5.69. The molecule has 0 atom stereocenters. The summed E-state index contributed by atoms with van der Waals surface area (Å²) < 4.78 is 16.9. The van der Waals surface area contributed by atoms with E-state index in [1.165, 1.54) is 0 Å². The van der Waals surface area contributed by atoms with Crippen LogP contribution < -0.4 is 0 Å². The van der Waals surface area contributed by atoms with E-state index in [4.69, 9.17) is 9.84 Å². The number of carboxylic acids is 1. The Kier molecular flexibility index (Phi) is 4.15. The van der Waals surface area contributed by atoms with Crippen LogP contribution in [0, 0.1) is 5.92 Å². The molecule has 4 heteroatoms. The van der Waals surface area contributed by atoms with Gasteiger partial charge < -0.3 is 9.84 Å². The van der Waals surface area contributed by atoms with Crippen LogP contribution in [-0.2, 0) is 9.53 Å². The van der Waals surface area contributed by atoms with Crippen molar-refractivity contribution in [1.29, 1.82) is 0 Å². The van der Waals surface area contributed by atoms with Crippen molar-refractivity contribution in [3.8, 4) is 0 Å². The van der Waals surface area contributed by atoms with Crippen LogP contribution in [0.15, 0.2) is 0 Å². The van der Waals surface area contributed by atoms with Crippen LogP contribution in [0.4, 0.5) is 4.39 Å². The Hall–Kier alpha value is -0.640. The van der Waals surface area contributed by atoms with Gasteiger partial charge in [-0.15, -0.1) is 0 Å². The molecule has 1 rings (SSSR count). The molecule has 3 nitrogen and oxygen atoms in total. The first kappa shape index (κ1) is 10.4. The third-order valence-electron chi connectivity index (χ3n) is 2.45. The molecular weight excluding hydrogens is 175 g/mol. The lowest BCUT2D eigenvalue weighted by Gasteiger charge is -2.25. The highest BCUT2D eigenvalue weighted by Crippen LogP contribution is 2.26. The molecule has 0 spiro atoms. The van der Waals surface area contributed by atoms with Crippen molar-refractivity contribution in [3.05, 3.63) is 0 Å². The Morgan fingerprint density at radius 1 is 1.38 bits per heavy atom. The minimum absolute atomic E-state index is 0.0753. The lowest BCUT2D eigenvalue weighted by Crippen LogP contribution is -2.26. The average molecular weight is 190 g/mol. The molecule has 1 aliphatic carbocycles. The van der Waals surface area contributed by atoms with E-state index in [0.717, 1.165) is 12.8 Å². The highest BCUT2D eigenvalue weighted by Gasteiger charge is 2.25. The molecule has 1 saturated carbocycles. The van der Waals surface area contributed by atoms with Gasteiger partial charge in [0.2, 0.25) is 0 Å². The summed E-state index contributed by atoms with van der Waals surface area (Å²) in [5, 5.41) is 8.70. The molecule has 13 heavy (non-hydrogen) atoms. The second-order valence-corrected chi connectivity index (χ2v) is 3.37. The van der Waals surface area contributed by atoms with Gasteiger partial charge in [-0.3, -0.25) is 4.79 Å². The van der Waals surface area contributed by atoms with E-state index in [9.17, 15) is 9.18 Å². The Morgan fingerprint density at radius 3 is 2.46 bits per heavy atom. The van der Waals surface area contributed by atoms with E-state index in [2.05, 4.69) is 0 Å². The number of carboxylic acid groups (broad SMARTS) is 1. The van der Waals surface area contributed by atoms with E-state index in [0.29, 0.717) is 12.8 Å². The third-order valence-corrected chi connectivity index (χ3v) is 2.45. The van der Waals surface area contributed by atoms with Gasteiger partial charge >= 0.3 is 5.97 Å². The zero-order valence-corrected chi connectivity index (χ0v) is 7.54. The smallest absolute Gasteiger partial charge is 0.306 e. The summed E-state index contributed by atoms with van der Waals surface area (Å²) in [4.78, 5) is 10.6. The van der Waals surface area contributed by atoms with E-state index in [1.54, 1.807) is 0 Å². The third kappa shape index (κ3) is 3.30. The van der Waals surface area contributed by atoms with Gasteiger partial charge in [0.1, 0.15) is 6.67 Å². The maximum Gasteiger partial charge on any atom is 0.306 e. The standard InChI is InChI=1S/C9H15FO3/c10-5-6-13-8-3-1-7(2-4-8)9(11)12/h7-8H,1-6H2,(H,11,12). The van der Waals surface area contributed by atoms with E-state index >= 15 is 0 Å². The minimum Gasteiger partial charge on any atom is -0.481 e. The van der Waals surface area contributed by atoms with Crippen LogP contribution in [0.1, 0.15) is 25.7 Å². The fourth-order valence-corrected chi connectivity index (χ4v) is 1.69.